The Morgan fingerprint density at radius 2 is 1.76 bits per heavy atom. The first-order valence-electron chi connectivity index (χ1n) is 8.44. The molecule has 3 heterocycles. The summed E-state index contributed by atoms with van der Waals surface area (Å²) in [6, 6.07) is 19.0. The summed E-state index contributed by atoms with van der Waals surface area (Å²) in [5.41, 5.74) is 7.79. The molecule has 25 heavy (non-hydrogen) atoms. The Bertz CT molecular complexity index is 1260. The van der Waals surface area contributed by atoms with Gasteiger partial charge in [-0.1, -0.05) is 18.2 Å². The summed E-state index contributed by atoms with van der Waals surface area (Å²) in [6.45, 7) is 4.22. The summed E-state index contributed by atoms with van der Waals surface area (Å²) in [5, 5.41) is 2.34. The highest BCUT2D eigenvalue weighted by atomic mass is 15.0. The smallest absolute Gasteiger partial charge is 0.145 e. The van der Waals surface area contributed by atoms with Crippen LogP contribution in [0.5, 0.6) is 0 Å². The normalized spacial score (nSPS) is 11.6. The standard InChI is InChI=1S/C22H17N3/c1-14-11-20(23-13-15(14)2)17-7-8-18-16(12-17)9-10-25-21-6-4-3-5-19(21)24-22(18)25/h3-13H,1-2H3. The number of benzene rings is 2. The average molecular weight is 323 g/mol. The summed E-state index contributed by atoms with van der Waals surface area (Å²) in [7, 11) is 0. The van der Waals surface area contributed by atoms with Gasteiger partial charge in [0.2, 0.25) is 0 Å². The van der Waals surface area contributed by atoms with Crippen LogP contribution in [0.3, 0.4) is 0 Å². The molecule has 5 aromatic rings. The number of imidazole rings is 1. The SMILES string of the molecule is Cc1cnc(-c2ccc3c(ccn4c5ccccc5nc34)c2)cc1C. The Labute approximate surface area is 145 Å². The van der Waals surface area contributed by atoms with Crippen LogP contribution in [0.1, 0.15) is 11.1 Å². The molecule has 3 heteroatoms. The molecule has 0 unspecified atom stereocenters. The zero-order chi connectivity index (χ0) is 17.0. The Balaban J connectivity index is 1.76. The van der Waals surface area contributed by atoms with Gasteiger partial charge in [0.05, 0.1) is 16.7 Å². The minimum atomic E-state index is 0.998. The van der Waals surface area contributed by atoms with Crippen molar-refractivity contribution in [3.8, 4) is 11.3 Å². The topological polar surface area (TPSA) is 30.2 Å². The van der Waals surface area contributed by atoms with E-state index in [-0.39, 0.29) is 0 Å². The summed E-state index contributed by atoms with van der Waals surface area (Å²) in [6.07, 6.45) is 4.05. The summed E-state index contributed by atoms with van der Waals surface area (Å²) < 4.78 is 2.16. The molecule has 120 valence electrons. The molecule has 0 aliphatic heterocycles. The van der Waals surface area contributed by atoms with Crippen LogP contribution in [0.2, 0.25) is 0 Å². The molecule has 0 aliphatic carbocycles. The molecule has 0 bridgehead atoms. The van der Waals surface area contributed by atoms with Gasteiger partial charge in [-0.15, -0.1) is 0 Å². The van der Waals surface area contributed by atoms with E-state index in [1.54, 1.807) is 0 Å². The van der Waals surface area contributed by atoms with Gasteiger partial charge in [-0.05, 0) is 66.8 Å². The number of hydrogen-bond donors (Lipinski definition) is 0. The number of rotatable bonds is 1. The van der Waals surface area contributed by atoms with Crippen molar-refractivity contribution in [1.29, 1.82) is 0 Å². The van der Waals surface area contributed by atoms with Crippen molar-refractivity contribution in [1.82, 2.24) is 14.4 Å². The van der Waals surface area contributed by atoms with E-state index < -0.39 is 0 Å². The third-order valence-corrected chi connectivity index (χ3v) is 4.96. The van der Waals surface area contributed by atoms with E-state index in [9.17, 15) is 0 Å². The molecule has 2 aromatic carbocycles. The van der Waals surface area contributed by atoms with Gasteiger partial charge in [-0.3, -0.25) is 9.38 Å². The lowest BCUT2D eigenvalue weighted by Gasteiger charge is -2.07. The fraction of sp³-hybridized carbons (Fsp3) is 0.0909. The molecule has 0 fully saturated rings. The van der Waals surface area contributed by atoms with Crippen LogP contribution in [0.25, 0.3) is 38.7 Å². The first-order chi connectivity index (χ1) is 12.2. The molecule has 0 aliphatic rings. The molecule has 3 nitrogen and oxygen atoms in total. The molecular weight excluding hydrogens is 306 g/mol. The molecule has 0 amide bonds. The lowest BCUT2D eigenvalue weighted by atomic mass is 10.0. The molecule has 5 rings (SSSR count). The number of fused-ring (bicyclic) bond motifs is 5. The largest absolute Gasteiger partial charge is 0.299 e. The van der Waals surface area contributed by atoms with Crippen molar-refractivity contribution >= 4 is 27.5 Å². The van der Waals surface area contributed by atoms with Gasteiger partial charge in [-0.25, -0.2) is 4.98 Å². The van der Waals surface area contributed by atoms with Crippen LogP contribution in [-0.2, 0) is 0 Å². The second-order valence-corrected chi connectivity index (χ2v) is 6.57. The molecule has 0 radical (unpaired) electrons. The van der Waals surface area contributed by atoms with E-state index >= 15 is 0 Å². The number of aromatic nitrogens is 3. The monoisotopic (exact) mass is 323 g/mol. The van der Waals surface area contributed by atoms with Gasteiger partial charge in [-0.2, -0.15) is 0 Å². The van der Waals surface area contributed by atoms with Crippen molar-refractivity contribution in [2.24, 2.45) is 0 Å². The molecule has 0 atom stereocenters. The first kappa shape index (κ1) is 14.2. The molecule has 0 saturated carbocycles. The number of hydrogen-bond acceptors (Lipinski definition) is 2. The van der Waals surface area contributed by atoms with Gasteiger partial charge >= 0.3 is 0 Å². The highest BCUT2D eigenvalue weighted by molar-refractivity contribution is 5.99. The van der Waals surface area contributed by atoms with Crippen LogP contribution in [-0.4, -0.2) is 14.4 Å². The number of aryl methyl sites for hydroxylation is 2. The highest BCUT2D eigenvalue weighted by Crippen LogP contribution is 2.28. The number of para-hydroxylation sites is 2. The fourth-order valence-electron chi connectivity index (χ4n) is 3.39. The Hall–Kier alpha value is -3.20. The van der Waals surface area contributed by atoms with Crippen LogP contribution in [0.4, 0.5) is 0 Å². The van der Waals surface area contributed by atoms with E-state index in [4.69, 9.17) is 4.98 Å². The van der Waals surface area contributed by atoms with Crippen LogP contribution in [0, 0.1) is 13.8 Å². The van der Waals surface area contributed by atoms with Gasteiger partial charge in [0.15, 0.2) is 0 Å². The van der Waals surface area contributed by atoms with E-state index in [1.165, 1.54) is 16.5 Å². The van der Waals surface area contributed by atoms with Crippen molar-refractivity contribution in [2.75, 3.05) is 0 Å². The molecule has 0 N–H and O–H groups in total. The zero-order valence-electron chi connectivity index (χ0n) is 14.2. The maximum atomic E-state index is 4.82. The zero-order valence-corrected chi connectivity index (χ0v) is 14.2. The first-order valence-corrected chi connectivity index (χ1v) is 8.44. The van der Waals surface area contributed by atoms with E-state index in [0.29, 0.717) is 0 Å². The van der Waals surface area contributed by atoms with E-state index in [1.807, 2.05) is 12.3 Å². The maximum absolute atomic E-state index is 4.82. The van der Waals surface area contributed by atoms with Crippen LogP contribution in [0.15, 0.2) is 67.0 Å². The molecule has 3 aromatic heterocycles. The predicted molar refractivity (Wildman–Crippen MR) is 103 cm³/mol. The van der Waals surface area contributed by atoms with Gasteiger partial charge in [0.1, 0.15) is 5.65 Å². The van der Waals surface area contributed by atoms with Gasteiger partial charge in [0, 0.05) is 23.3 Å². The number of pyridine rings is 2. The minimum absolute atomic E-state index is 0.998. The lowest BCUT2D eigenvalue weighted by Crippen LogP contribution is -1.90. The van der Waals surface area contributed by atoms with E-state index in [2.05, 4.69) is 78.0 Å². The van der Waals surface area contributed by atoms with Gasteiger partial charge in [0.25, 0.3) is 0 Å². The predicted octanol–water partition coefficient (Wildman–Crippen LogP) is 5.32. The quantitative estimate of drug-likeness (QED) is 0.418. The van der Waals surface area contributed by atoms with Crippen molar-refractivity contribution in [2.45, 2.75) is 13.8 Å². The van der Waals surface area contributed by atoms with Crippen molar-refractivity contribution in [3.63, 3.8) is 0 Å². The third-order valence-electron chi connectivity index (χ3n) is 4.96. The molecular formula is C22H17N3. The summed E-state index contributed by atoms with van der Waals surface area (Å²) in [4.78, 5) is 9.41. The lowest BCUT2D eigenvalue weighted by molar-refractivity contribution is 1.22. The minimum Gasteiger partial charge on any atom is -0.299 e. The molecule has 0 spiro atoms. The second kappa shape index (κ2) is 5.15. The third kappa shape index (κ3) is 2.13. The number of nitrogens with zero attached hydrogens (tertiary/aromatic N) is 3. The van der Waals surface area contributed by atoms with E-state index in [0.717, 1.165) is 33.3 Å². The fourth-order valence-corrected chi connectivity index (χ4v) is 3.39. The Morgan fingerprint density at radius 3 is 2.64 bits per heavy atom. The van der Waals surface area contributed by atoms with Crippen LogP contribution < -0.4 is 0 Å². The van der Waals surface area contributed by atoms with Crippen LogP contribution >= 0.6 is 0 Å². The molecule has 0 saturated heterocycles. The maximum Gasteiger partial charge on any atom is 0.145 e. The average Bonchev–Trinajstić information content (AvgIpc) is 3.02. The Kier molecular flexibility index (Phi) is 2.92. The summed E-state index contributed by atoms with van der Waals surface area (Å²) >= 11 is 0. The Morgan fingerprint density at radius 1 is 0.880 bits per heavy atom. The summed E-state index contributed by atoms with van der Waals surface area (Å²) in [5.74, 6) is 0. The highest BCUT2D eigenvalue weighted by Gasteiger charge is 2.09. The van der Waals surface area contributed by atoms with Crippen molar-refractivity contribution < 1.29 is 0 Å². The second-order valence-electron chi connectivity index (χ2n) is 6.57. The van der Waals surface area contributed by atoms with Gasteiger partial charge < -0.3 is 0 Å². The van der Waals surface area contributed by atoms with Crippen molar-refractivity contribution in [3.05, 3.63) is 78.1 Å².